The Kier molecular flexibility index (Phi) is 7.26. The number of rotatable bonds is 7. The van der Waals surface area contributed by atoms with Gasteiger partial charge in [0.15, 0.2) is 0 Å². The average Bonchev–Trinajstić information content (AvgIpc) is 2.88. The van der Waals surface area contributed by atoms with E-state index in [1.807, 2.05) is 54.6 Å². The van der Waals surface area contributed by atoms with E-state index in [1.165, 1.54) is 18.3 Å². The molecule has 0 atom stereocenters. The number of nitrogens with zero attached hydrogens (tertiary/aromatic N) is 1. The van der Waals surface area contributed by atoms with Gasteiger partial charge in [-0.1, -0.05) is 72.8 Å². The van der Waals surface area contributed by atoms with E-state index in [0.29, 0.717) is 17.7 Å². The lowest BCUT2D eigenvalue weighted by Crippen LogP contribution is -2.17. The number of nitrogens with one attached hydrogen (secondary N) is 1. The molecule has 0 aliphatic heterocycles. The van der Waals surface area contributed by atoms with Crippen molar-refractivity contribution < 1.29 is 22.7 Å². The predicted octanol–water partition coefficient (Wildman–Crippen LogP) is 6.72. The van der Waals surface area contributed by atoms with Gasteiger partial charge in [-0.25, -0.2) is 5.43 Å². The molecular weight excluding hydrogens is 453 g/mol. The minimum absolute atomic E-state index is 0.331. The number of benzene rings is 4. The van der Waals surface area contributed by atoms with Gasteiger partial charge in [-0.05, 0) is 47.0 Å². The van der Waals surface area contributed by atoms with E-state index < -0.39 is 17.6 Å². The third-order valence-corrected chi connectivity index (χ3v) is 5.20. The van der Waals surface area contributed by atoms with Crippen LogP contribution in [0.1, 0.15) is 27.0 Å². The van der Waals surface area contributed by atoms with Gasteiger partial charge in [0.25, 0.3) is 5.91 Å². The molecular formula is C28H21F3N2O2. The molecule has 7 heteroatoms. The first kappa shape index (κ1) is 23.8. The van der Waals surface area contributed by atoms with E-state index in [2.05, 4.69) is 10.5 Å². The number of carbonyl (C=O) groups excluding carboxylic acids is 1. The van der Waals surface area contributed by atoms with Gasteiger partial charge in [0.2, 0.25) is 0 Å². The zero-order valence-electron chi connectivity index (χ0n) is 18.5. The van der Waals surface area contributed by atoms with Crippen molar-refractivity contribution in [3.05, 3.63) is 125 Å². The van der Waals surface area contributed by atoms with Crippen LogP contribution in [0.2, 0.25) is 0 Å². The highest BCUT2D eigenvalue weighted by Crippen LogP contribution is 2.30. The van der Waals surface area contributed by atoms with Crippen LogP contribution in [0.5, 0.6) is 5.75 Å². The zero-order chi connectivity index (χ0) is 24.7. The molecule has 0 bridgehead atoms. The minimum Gasteiger partial charge on any atom is -0.488 e. The normalized spacial score (nSPS) is 11.4. The minimum atomic E-state index is -4.40. The Morgan fingerprint density at radius 1 is 0.829 bits per heavy atom. The fourth-order valence-corrected chi connectivity index (χ4v) is 3.35. The largest absolute Gasteiger partial charge is 0.488 e. The number of amides is 1. The van der Waals surface area contributed by atoms with Crippen molar-refractivity contribution in [2.45, 2.75) is 12.8 Å². The maximum Gasteiger partial charge on any atom is 0.416 e. The van der Waals surface area contributed by atoms with Crippen LogP contribution in [0.15, 0.2) is 108 Å². The van der Waals surface area contributed by atoms with Crippen molar-refractivity contribution >= 4 is 12.1 Å². The lowest BCUT2D eigenvalue weighted by Gasteiger charge is -2.12. The summed E-state index contributed by atoms with van der Waals surface area (Å²) in [6.45, 7) is 0.331. The molecule has 0 fully saturated rings. The summed E-state index contributed by atoms with van der Waals surface area (Å²) >= 11 is 0. The zero-order valence-corrected chi connectivity index (χ0v) is 18.5. The summed E-state index contributed by atoms with van der Waals surface area (Å²) in [4.78, 5) is 12.3. The summed E-state index contributed by atoms with van der Waals surface area (Å²) in [5.41, 5.74) is 5.40. The summed E-state index contributed by atoms with van der Waals surface area (Å²) in [6.07, 6.45) is -3.11. The first-order chi connectivity index (χ1) is 16.9. The van der Waals surface area contributed by atoms with E-state index in [0.717, 1.165) is 34.6 Å². The van der Waals surface area contributed by atoms with Crippen molar-refractivity contribution in [1.82, 2.24) is 5.43 Å². The SMILES string of the molecule is O=C(NN=Cc1ccc(C(F)(F)F)cc1)c1ccc(COc2ccccc2-c2ccccc2)cc1. The second kappa shape index (κ2) is 10.7. The van der Waals surface area contributed by atoms with Crippen LogP contribution in [-0.4, -0.2) is 12.1 Å². The van der Waals surface area contributed by atoms with Crippen LogP contribution in [-0.2, 0) is 12.8 Å². The third kappa shape index (κ3) is 6.35. The van der Waals surface area contributed by atoms with Crippen molar-refractivity contribution in [1.29, 1.82) is 0 Å². The molecule has 4 aromatic carbocycles. The topological polar surface area (TPSA) is 50.7 Å². The molecule has 0 unspecified atom stereocenters. The van der Waals surface area contributed by atoms with Gasteiger partial charge in [0.1, 0.15) is 12.4 Å². The monoisotopic (exact) mass is 474 g/mol. The van der Waals surface area contributed by atoms with Crippen molar-refractivity contribution in [2.24, 2.45) is 5.10 Å². The summed E-state index contributed by atoms with van der Waals surface area (Å²) in [5, 5.41) is 3.82. The van der Waals surface area contributed by atoms with Gasteiger partial charge >= 0.3 is 6.18 Å². The number of hydrogen-bond donors (Lipinski definition) is 1. The Bertz CT molecular complexity index is 1300. The summed E-state index contributed by atoms with van der Waals surface area (Å²) in [7, 11) is 0. The summed E-state index contributed by atoms with van der Waals surface area (Å²) < 4.78 is 43.9. The van der Waals surface area contributed by atoms with E-state index in [4.69, 9.17) is 4.74 Å². The Balaban J connectivity index is 1.33. The fraction of sp³-hybridized carbons (Fsp3) is 0.0714. The lowest BCUT2D eigenvalue weighted by atomic mass is 10.0. The number of halogens is 3. The van der Waals surface area contributed by atoms with Gasteiger partial charge in [-0.2, -0.15) is 18.3 Å². The van der Waals surface area contributed by atoms with Gasteiger partial charge < -0.3 is 4.74 Å². The van der Waals surface area contributed by atoms with E-state index in [9.17, 15) is 18.0 Å². The summed E-state index contributed by atoms with van der Waals surface area (Å²) in [5.74, 6) is 0.327. The second-order valence-electron chi connectivity index (χ2n) is 7.67. The van der Waals surface area contributed by atoms with E-state index >= 15 is 0 Å². The molecule has 0 aliphatic carbocycles. The molecule has 4 rings (SSSR count). The predicted molar refractivity (Wildman–Crippen MR) is 129 cm³/mol. The van der Waals surface area contributed by atoms with E-state index in [-0.39, 0.29) is 0 Å². The van der Waals surface area contributed by atoms with Crippen LogP contribution in [0, 0.1) is 0 Å². The van der Waals surface area contributed by atoms with Crippen LogP contribution in [0.4, 0.5) is 13.2 Å². The quantitative estimate of drug-likeness (QED) is 0.239. The van der Waals surface area contributed by atoms with Crippen LogP contribution >= 0.6 is 0 Å². The van der Waals surface area contributed by atoms with Gasteiger partial charge in [0, 0.05) is 11.1 Å². The van der Waals surface area contributed by atoms with E-state index in [1.54, 1.807) is 24.3 Å². The van der Waals surface area contributed by atoms with Crippen molar-refractivity contribution in [3.8, 4) is 16.9 Å². The Labute approximate surface area is 200 Å². The molecule has 4 nitrogen and oxygen atoms in total. The van der Waals surface area contributed by atoms with Crippen LogP contribution in [0.3, 0.4) is 0 Å². The average molecular weight is 474 g/mol. The van der Waals surface area contributed by atoms with Crippen LogP contribution in [0.25, 0.3) is 11.1 Å². The van der Waals surface area contributed by atoms with Gasteiger partial charge in [0.05, 0.1) is 11.8 Å². The number of hydrazone groups is 1. The maximum absolute atomic E-state index is 12.6. The molecule has 35 heavy (non-hydrogen) atoms. The molecule has 0 heterocycles. The highest BCUT2D eigenvalue weighted by Gasteiger charge is 2.29. The molecule has 176 valence electrons. The molecule has 0 radical (unpaired) electrons. The first-order valence-electron chi connectivity index (χ1n) is 10.8. The second-order valence-corrected chi connectivity index (χ2v) is 7.67. The molecule has 1 amide bonds. The molecule has 4 aromatic rings. The lowest BCUT2D eigenvalue weighted by molar-refractivity contribution is -0.137. The van der Waals surface area contributed by atoms with Crippen molar-refractivity contribution in [3.63, 3.8) is 0 Å². The Morgan fingerprint density at radius 2 is 1.49 bits per heavy atom. The highest BCUT2D eigenvalue weighted by atomic mass is 19.4. The highest BCUT2D eigenvalue weighted by molar-refractivity contribution is 5.94. The van der Waals surface area contributed by atoms with Gasteiger partial charge in [-0.15, -0.1) is 0 Å². The number of para-hydroxylation sites is 1. The third-order valence-electron chi connectivity index (χ3n) is 5.20. The van der Waals surface area contributed by atoms with Crippen LogP contribution < -0.4 is 10.2 Å². The summed E-state index contributed by atoms with van der Waals surface area (Å²) in [6, 6.07) is 29.1. The maximum atomic E-state index is 12.6. The van der Waals surface area contributed by atoms with Gasteiger partial charge in [-0.3, -0.25) is 4.79 Å². The number of alkyl halides is 3. The molecule has 1 N–H and O–H groups in total. The Morgan fingerprint density at radius 3 is 2.17 bits per heavy atom. The first-order valence-corrected chi connectivity index (χ1v) is 10.8. The molecule has 0 aromatic heterocycles. The number of ether oxygens (including phenoxy) is 1. The standard InChI is InChI=1S/C28H21F3N2O2/c29-28(30,31)24-16-12-20(13-17-24)18-32-33-27(34)23-14-10-21(11-15-23)19-35-26-9-5-4-8-25(26)22-6-2-1-3-7-22/h1-18H,19H2,(H,33,34). The van der Waals surface area contributed by atoms with Crippen molar-refractivity contribution in [2.75, 3.05) is 0 Å². The Hall–Kier alpha value is -4.39. The molecule has 0 spiro atoms. The molecule has 0 saturated carbocycles. The molecule has 0 aliphatic rings. The molecule has 0 saturated heterocycles. The number of hydrogen-bond acceptors (Lipinski definition) is 3. The fourth-order valence-electron chi connectivity index (χ4n) is 3.35. The smallest absolute Gasteiger partial charge is 0.416 e. The number of carbonyl (C=O) groups is 1.